The van der Waals surface area contributed by atoms with E-state index in [-0.39, 0.29) is 0 Å². The van der Waals surface area contributed by atoms with Gasteiger partial charge in [-0.2, -0.15) is 0 Å². The zero-order chi connectivity index (χ0) is 37.0. The third-order valence-corrected chi connectivity index (χ3v) is 11.4. The van der Waals surface area contributed by atoms with Gasteiger partial charge in [0.15, 0.2) is 0 Å². The molecule has 11 aromatic rings. The number of hydrogen-bond donors (Lipinski definition) is 0. The molecule has 0 spiro atoms. The molecule has 0 aliphatic carbocycles. The van der Waals surface area contributed by atoms with E-state index in [1.807, 2.05) is 0 Å². The van der Waals surface area contributed by atoms with E-state index in [0.29, 0.717) is 0 Å². The summed E-state index contributed by atoms with van der Waals surface area (Å²) in [5.41, 5.74) is 13.1. The van der Waals surface area contributed by atoms with Gasteiger partial charge in [-0.15, -0.1) is 0 Å². The fourth-order valence-electron chi connectivity index (χ4n) is 8.79. The summed E-state index contributed by atoms with van der Waals surface area (Å²) in [6, 6.07) is 77.2. The average molecular weight is 713 g/mol. The van der Waals surface area contributed by atoms with Crippen LogP contribution in [-0.4, -0.2) is 4.40 Å². The molecule has 0 aliphatic heterocycles. The smallest absolute Gasteiger partial charge is 0.0619 e. The number of fused-ring (bicyclic) bond motifs is 8. The monoisotopic (exact) mass is 712 g/mol. The van der Waals surface area contributed by atoms with Crippen LogP contribution >= 0.6 is 0 Å². The van der Waals surface area contributed by atoms with Crippen LogP contribution in [0.1, 0.15) is 0 Å². The lowest BCUT2D eigenvalue weighted by Crippen LogP contribution is -2.10. The van der Waals surface area contributed by atoms with Crippen molar-refractivity contribution in [2.24, 2.45) is 0 Å². The van der Waals surface area contributed by atoms with Gasteiger partial charge < -0.3 is 9.30 Å². The molecule has 2 heteroatoms. The number of pyridine rings is 1. The van der Waals surface area contributed by atoms with Gasteiger partial charge in [0.2, 0.25) is 0 Å². The molecule has 9 aromatic carbocycles. The minimum absolute atomic E-state index is 1.10. The molecule has 0 fully saturated rings. The Balaban J connectivity index is 1.11. The average Bonchev–Trinajstić information content (AvgIpc) is 3.63. The highest BCUT2D eigenvalue weighted by Gasteiger charge is 2.21. The molecular formula is C54H36N2. The number of hydrogen-bond acceptors (Lipinski definition) is 1. The second-order valence-corrected chi connectivity index (χ2v) is 14.5. The summed E-state index contributed by atoms with van der Waals surface area (Å²) in [7, 11) is 0. The van der Waals surface area contributed by atoms with Crippen LogP contribution in [0, 0.1) is 0 Å². The van der Waals surface area contributed by atoms with Crippen LogP contribution in [-0.2, 0) is 0 Å². The van der Waals surface area contributed by atoms with E-state index in [2.05, 4.69) is 228 Å². The first kappa shape index (κ1) is 32.0. The van der Waals surface area contributed by atoms with E-state index < -0.39 is 0 Å². The Hall–Kier alpha value is -7.42. The topological polar surface area (TPSA) is 7.65 Å². The zero-order valence-electron chi connectivity index (χ0n) is 30.7. The molecule has 0 unspecified atom stereocenters. The Morgan fingerprint density at radius 2 is 0.857 bits per heavy atom. The number of rotatable bonds is 6. The first-order chi connectivity index (χ1) is 27.8. The Labute approximate surface area is 325 Å². The lowest BCUT2D eigenvalue weighted by Gasteiger charge is -2.28. The van der Waals surface area contributed by atoms with Crippen molar-refractivity contribution < 1.29 is 0 Å². The summed E-state index contributed by atoms with van der Waals surface area (Å²) in [5, 5.41) is 8.68. The lowest BCUT2D eigenvalue weighted by atomic mass is 9.97. The number of nitrogens with zero attached hydrogens (tertiary/aromatic N) is 2. The van der Waals surface area contributed by atoms with Crippen LogP contribution in [0.2, 0.25) is 0 Å². The predicted molar refractivity (Wildman–Crippen MR) is 238 cm³/mol. The molecule has 0 radical (unpaired) electrons. The van der Waals surface area contributed by atoms with Crippen molar-refractivity contribution in [1.29, 1.82) is 0 Å². The van der Waals surface area contributed by atoms with Gasteiger partial charge in [-0.25, -0.2) is 0 Å². The molecule has 0 atom stereocenters. The van der Waals surface area contributed by atoms with Crippen molar-refractivity contribution in [3.63, 3.8) is 0 Å². The second-order valence-electron chi connectivity index (χ2n) is 14.5. The van der Waals surface area contributed by atoms with Gasteiger partial charge in [0.05, 0.1) is 16.7 Å². The minimum Gasteiger partial charge on any atom is -0.315 e. The maximum absolute atomic E-state index is 2.42. The van der Waals surface area contributed by atoms with Crippen molar-refractivity contribution in [2.45, 2.75) is 0 Å². The molecule has 56 heavy (non-hydrogen) atoms. The zero-order valence-corrected chi connectivity index (χ0v) is 30.7. The fourth-order valence-corrected chi connectivity index (χ4v) is 8.79. The van der Waals surface area contributed by atoms with Crippen LogP contribution in [0.3, 0.4) is 0 Å². The number of benzene rings is 9. The summed E-state index contributed by atoms with van der Waals surface area (Å²) in [6.45, 7) is 0. The maximum Gasteiger partial charge on any atom is 0.0619 e. The summed E-state index contributed by atoms with van der Waals surface area (Å²) < 4.78 is 2.41. The molecule has 2 heterocycles. The highest BCUT2D eigenvalue weighted by molar-refractivity contribution is 6.17. The van der Waals surface area contributed by atoms with E-state index in [4.69, 9.17) is 0 Å². The van der Waals surface area contributed by atoms with Crippen molar-refractivity contribution in [1.82, 2.24) is 4.40 Å². The quantitative estimate of drug-likeness (QED) is 0.156. The fraction of sp³-hybridized carbons (Fsp3) is 0. The molecule has 0 amide bonds. The third-order valence-electron chi connectivity index (χ3n) is 11.4. The summed E-state index contributed by atoms with van der Waals surface area (Å²) in [5.74, 6) is 0. The van der Waals surface area contributed by atoms with Gasteiger partial charge >= 0.3 is 0 Å². The van der Waals surface area contributed by atoms with Gasteiger partial charge in [0, 0.05) is 44.9 Å². The van der Waals surface area contributed by atoms with Crippen LogP contribution in [0.5, 0.6) is 0 Å². The molecule has 0 bridgehead atoms. The Bertz CT molecular complexity index is 3210. The molecule has 0 saturated carbocycles. The molecule has 0 saturated heterocycles. The number of para-hydroxylation sites is 1. The molecule has 2 nitrogen and oxygen atoms in total. The number of aromatic nitrogens is 1. The van der Waals surface area contributed by atoms with E-state index in [1.165, 1.54) is 82.1 Å². The standard InChI is InChI=1S/C54H36N2/c1-3-14-37(15-4-1)38-26-30-43(31-27-38)56(51-36-42-19-8-9-20-45(42)48-22-11-12-23-49(48)51)44-32-28-40(29-33-44)46-24-13-25-50-52(41-17-5-2-6-18-41)54-47-21-10-7-16-39(47)34-35-55(54)53(46)50/h1-36H. The third kappa shape index (κ3) is 5.19. The summed E-state index contributed by atoms with van der Waals surface area (Å²) in [6.07, 6.45) is 2.25. The van der Waals surface area contributed by atoms with E-state index in [0.717, 1.165) is 17.1 Å². The SMILES string of the molecule is c1ccc(-c2ccc(N(c3ccc(-c4cccc5c(-c6ccccc6)c6c7ccccc7ccn6c45)cc3)c3cc4ccccc4c4ccccc34)cc2)cc1. The molecule has 262 valence electrons. The molecule has 0 aliphatic rings. The summed E-state index contributed by atoms with van der Waals surface area (Å²) in [4.78, 5) is 2.42. The molecule has 0 N–H and O–H groups in total. The lowest BCUT2D eigenvalue weighted by molar-refractivity contribution is 1.27. The van der Waals surface area contributed by atoms with Gasteiger partial charge in [-0.05, 0) is 80.2 Å². The van der Waals surface area contributed by atoms with Crippen molar-refractivity contribution in [2.75, 3.05) is 4.90 Å². The van der Waals surface area contributed by atoms with E-state index in [9.17, 15) is 0 Å². The maximum atomic E-state index is 2.42. The summed E-state index contributed by atoms with van der Waals surface area (Å²) >= 11 is 0. The Kier molecular flexibility index (Phi) is 7.53. The normalized spacial score (nSPS) is 11.6. The largest absolute Gasteiger partial charge is 0.315 e. The van der Waals surface area contributed by atoms with Crippen molar-refractivity contribution in [3.8, 4) is 33.4 Å². The molecule has 2 aromatic heterocycles. The first-order valence-corrected chi connectivity index (χ1v) is 19.3. The van der Waals surface area contributed by atoms with E-state index in [1.54, 1.807) is 0 Å². The Morgan fingerprint density at radius 3 is 1.57 bits per heavy atom. The predicted octanol–water partition coefficient (Wildman–Crippen LogP) is 15.0. The molecule has 11 rings (SSSR count). The van der Waals surface area contributed by atoms with Crippen LogP contribution in [0.15, 0.2) is 219 Å². The Morgan fingerprint density at radius 1 is 0.321 bits per heavy atom. The highest BCUT2D eigenvalue weighted by atomic mass is 15.1. The minimum atomic E-state index is 1.10. The van der Waals surface area contributed by atoms with Gasteiger partial charge in [0.25, 0.3) is 0 Å². The van der Waals surface area contributed by atoms with Crippen LogP contribution in [0.4, 0.5) is 17.1 Å². The van der Waals surface area contributed by atoms with Crippen LogP contribution in [0.25, 0.3) is 82.1 Å². The highest BCUT2D eigenvalue weighted by Crippen LogP contribution is 2.45. The second kappa shape index (κ2) is 13.2. The van der Waals surface area contributed by atoms with E-state index >= 15 is 0 Å². The van der Waals surface area contributed by atoms with Gasteiger partial charge in [-0.3, -0.25) is 0 Å². The number of anilines is 3. The first-order valence-electron chi connectivity index (χ1n) is 19.3. The van der Waals surface area contributed by atoms with Crippen molar-refractivity contribution in [3.05, 3.63) is 219 Å². The van der Waals surface area contributed by atoms with Crippen molar-refractivity contribution >= 4 is 65.8 Å². The van der Waals surface area contributed by atoms with Gasteiger partial charge in [-0.1, -0.05) is 176 Å². The van der Waals surface area contributed by atoms with Gasteiger partial charge in [0.1, 0.15) is 0 Å². The van der Waals surface area contributed by atoms with Crippen LogP contribution < -0.4 is 4.90 Å². The molecular weight excluding hydrogens is 677 g/mol.